The van der Waals surface area contributed by atoms with Crippen LogP contribution in [0.1, 0.15) is 10.4 Å². The van der Waals surface area contributed by atoms with Crippen LogP contribution >= 0.6 is 11.6 Å². The molecule has 4 rings (SSSR count). The topological polar surface area (TPSA) is 84.3 Å². The summed E-state index contributed by atoms with van der Waals surface area (Å²) in [6, 6.07) is 6.09. The van der Waals surface area contributed by atoms with Crippen molar-refractivity contribution in [2.45, 2.75) is 0 Å². The Bertz CT molecular complexity index is 1210. The number of hydrogen-bond acceptors (Lipinski definition) is 5. The minimum atomic E-state index is -3.08. The second kappa shape index (κ2) is 7.31. The molecule has 1 fully saturated rings. The van der Waals surface area contributed by atoms with E-state index in [-0.39, 0.29) is 35.5 Å². The number of aryl methyl sites for hydroxylation is 1. The number of carbonyl (C=O) groups excluding carboxylic acids is 1. The summed E-state index contributed by atoms with van der Waals surface area (Å²) in [6.45, 7) is 0.336. The number of carbonyl (C=O) groups is 1. The summed E-state index contributed by atoms with van der Waals surface area (Å²) in [4.78, 5) is 18.9. The zero-order chi connectivity index (χ0) is 20.8. The van der Waals surface area contributed by atoms with Crippen LogP contribution in [-0.4, -0.2) is 53.4 Å². The first kappa shape index (κ1) is 19.7. The molecule has 3 heterocycles. The first-order chi connectivity index (χ1) is 13.7. The zero-order valence-electron chi connectivity index (χ0n) is 15.5. The number of halogens is 2. The van der Waals surface area contributed by atoms with E-state index >= 15 is 0 Å². The largest absolute Gasteiger partial charge is 0.350 e. The van der Waals surface area contributed by atoms with Gasteiger partial charge in [0.2, 0.25) is 0 Å². The maximum Gasteiger partial charge on any atom is 0.257 e. The number of aromatic nitrogens is 2. The predicted octanol–water partition coefficient (Wildman–Crippen LogP) is 2.98. The van der Waals surface area contributed by atoms with E-state index in [9.17, 15) is 17.6 Å². The summed E-state index contributed by atoms with van der Waals surface area (Å²) in [6.07, 6.45) is 3.29. The van der Waals surface area contributed by atoms with Gasteiger partial charge >= 0.3 is 0 Å². The van der Waals surface area contributed by atoms with Gasteiger partial charge in [-0.3, -0.25) is 4.79 Å². The number of fused-ring (bicyclic) bond motifs is 1. The van der Waals surface area contributed by atoms with E-state index in [4.69, 9.17) is 11.6 Å². The van der Waals surface area contributed by atoms with Crippen LogP contribution in [0.2, 0.25) is 5.02 Å². The highest BCUT2D eigenvalue weighted by Crippen LogP contribution is 2.30. The molecule has 1 amide bonds. The average Bonchev–Trinajstić information content (AvgIpc) is 3.07. The Morgan fingerprint density at radius 3 is 2.66 bits per heavy atom. The van der Waals surface area contributed by atoms with Crippen LogP contribution in [0.25, 0.3) is 10.9 Å². The standard InChI is InChI=1S/C19H18ClFN4O3S/c1-24-5-4-13-17(24)14(19(26)25-6-8-29(27,28)9-7-25)11-22-18(13)23-12-2-3-16(21)15(20)10-12/h2-5,10-11H,6-9H2,1H3,(H,22,23). The third kappa shape index (κ3) is 3.79. The molecule has 3 aromatic rings. The molecule has 0 aliphatic carbocycles. The maximum atomic E-state index is 13.4. The van der Waals surface area contributed by atoms with Gasteiger partial charge in [0.25, 0.3) is 5.91 Å². The Morgan fingerprint density at radius 2 is 1.97 bits per heavy atom. The number of pyridine rings is 1. The van der Waals surface area contributed by atoms with Crippen molar-refractivity contribution >= 4 is 49.8 Å². The third-order valence-electron chi connectivity index (χ3n) is 4.95. The summed E-state index contributed by atoms with van der Waals surface area (Å²) >= 11 is 5.84. The molecular weight excluding hydrogens is 419 g/mol. The van der Waals surface area contributed by atoms with E-state index in [1.807, 2.05) is 23.9 Å². The number of nitrogens with zero attached hydrogens (tertiary/aromatic N) is 3. The van der Waals surface area contributed by atoms with Gasteiger partial charge in [-0.15, -0.1) is 0 Å². The number of anilines is 2. The van der Waals surface area contributed by atoms with Crippen molar-refractivity contribution in [3.63, 3.8) is 0 Å². The smallest absolute Gasteiger partial charge is 0.257 e. The van der Waals surface area contributed by atoms with Crippen LogP contribution in [0, 0.1) is 5.82 Å². The molecule has 0 atom stereocenters. The molecule has 0 radical (unpaired) electrons. The van der Waals surface area contributed by atoms with Crippen molar-refractivity contribution in [3.8, 4) is 0 Å². The third-order valence-corrected chi connectivity index (χ3v) is 6.85. The molecule has 1 aromatic carbocycles. The predicted molar refractivity (Wildman–Crippen MR) is 110 cm³/mol. The van der Waals surface area contributed by atoms with Gasteiger partial charge in [0.1, 0.15) is 11.6 Å². The van der Waals surface area contributed by atoms with E-state index < -0.39 is 15.7 Å². The quantitative estimate of drug-likeness (QED) is 0.682. The Labute approximate surface area is 172 Å². The second-order valence-corrected chi connectivity index (χ2v) is 9.62. The van der Waals surface area contributed by atoms with Crippen molar-refractivity contribution in [1.29, 1.82) is 0 Å². The molecule has 10 heteroatoms. The average molecular weight is 437 g/mol. The lowest BCUT2D eigenvalue weighted by atomic mass is 10.1. The first-order valence-corrected chi connectivity index (χ1v) is 11.1. The minimum absolute atomic E-state index is 0.00819. The molecule has 0 saturated carbocycles. The highest BCUT2D eigenvalue weighted by Gasteiger charge is 2.28. The molecular formula is C19H18ClFN4O3S. The Morgan fingerprint density at radius 1 is 1.24 bits per heavy atom. The normalized spacial score (nSPS) is 16.2. The highest BCUT2D eigenvalue weighted by molar-refractivity contribution is 7.91. The van der Waals surface area contributed by atoms with E-state index in [0.29, 0.717) is 28.0 Å². The van der Waals surface area contributed by atoms with Crippen molar-refractivity contribution in [1.82, 2.24) is 14.5 Å². The lowest BCUT2D eigenvalue weighted by Crippen LogP contribution is -2.43. The summed E-state index contributed by atoms with van der Waals surface area (Å²) in [5.41, 5.74) is 1.64. The first-order valence-electron chi connectivity index (χ1n) is 8.91. The fourth-order valence-electron chi connectivity index (χ4n) is 3.37. The van der Waals surface area contributed by atoms with Crippen LogP contribution in [0.15, 0.2) is 36.7 Å². The number of hydrogen-bond donors (Lipinski definition) is 1. The van der Waals surface area contributed by atoms with E-state index in [1.54, 1.807) is 6.07 Å². The van der Waals surface area contributed by atoms with E-state index in [1.165, 1.54) is 23.2 Å². The summed E-state index contributed by atoms with van der Waals surface area (Å²) in [5, 5.41) is 3.81. The molecule has 0 spiro atoms. The van der Waals surface area contributed by atoms with E-state index in [0.717, 1.165) is 0 Å². The van der Waals surface area contributed by atoms with Gasteiger partial charge in [-0.1, -0.05) is 11.6 Å². The molecule has 0 bridgehead atoms. The van der Waals surface area contributed by atoms with Gasteiger partial charge in [-0.25, -0.2) is 17.8 Å². The molecule has 1 saturated heterocycles. The van der Waals surface area contributed by atoms with Crippen LogP contribution in [0.3, 0.4) is 0 Å². The lowest BCUT2D eigenvalue weighted by molar-refractivity contribution is 0.0771. The van der Waals surface area contributed by atoms with Crippen molar-refractivity contribution in [2.75, 3.05) is 29.9 Å². The van der Waals surface area contributed by atoms with Gasteiger partial charge in [0, 0.05) is 43.6 Å². The summed E-state index contributed by atoms with van der Waals surface area (Å²) in [5.74, 6) is -0.336. The molecule has 152 valence electrons. The fourth-order valence-corrected chi connectivity index (χ4v) is 4.75. The molecule has 2 aromatic heterocycles. The SMILES string of the molecule is Cn1ccc2c(Nc3ccc(F)c(Cl)c3)ncc(C(=O)N3CCS(=O)(=O)CC3)c21. The van der Waals surface area contributed by atoms with Crippen LogP contribution < -0.4 is 5.32 Å². The number of rotatable bonds is 3. The highest BCUT2D eigenvalue weighted by atomic mass is 35.5. The maximum absolute atomic E-state index is 13.4. The van der Waals surface area contributed by atoms with Gasteiger partial charge in [0.15, 0.2) is 9.84 Å². The van der Waals surface area contributed by atoms with Crippen LogP contribution in [0.5, 0.6) is 0 Å². The molecule has 1 aliphatic rings. The molecule has 1 N–H and O–H groups in total. The molecule has 7 nitrogen and oxygen atoms in total. The zero-order valence-corrected chi connectivity index (χ0v) is 17.1. The lowest BCUT2D eigenvalue weighted by Gasteiger charge is -2.27. The second-order valence-electron chi connectivity index (χ2n) is 6.91. The minimum Gasteiger partial charge on any atom is -0.350 e. The van der Waals surface area contributed by atoms with Crippen molar-refractivity contribution in [2.24, 2.45) is 7.05 Å². The van der Waals surface area contributed by atoms with Gasteiger partial charge in [-0.05, 0) is 24.3 Å². The Hall–Kier alpha value is -2.65. The van der Waals surface area contributed by atoms with Crippen LogP contribution in [-0.2, 0) is 16.9 Å². The van der Waals surface area contributed by atoms with Gasteiger partial charge in [0.05, 0.1) is 27.6 Å². The monoisotopic (exact) mass is 436 g/mol. The van der Waals surface area contributed by atoms with Crippen molar-refractivity contribution < 1.29 is 17.6 Å². The summed E-state index contributed by atoms with van der Waals surface area (Å²) in [7, 11) is -1.26. The molecule has 29 heavy (non-hydrogen) atoms. The molecule has 0 unspecified atom stereocenters. The van der Waals surface area contributed by atoms with E-state index in [2.05, 4.69) is 10.3 Å². The van der Waals surface area contributed by atoms with Crippen LogP contribution in [0.4, 0.5) is 15.9 Å². The number of nitrogens with one attached hydrogen (secondary N) is 1. The summed E-state index contributed by atoms with van der Waals surface area (Å²) < 4.78 is 38.5. The molecule has 1 aliphatic heterocycles. The number of amides is 1. The Balaban J connectivity index is 1.69. The number of benzene rings is 1. The number of sulfone groups is 1. The van der Waals surface area contributed by atoms with Gasteiger partial charge < -0.3 is 14.8 Å². The van der Waals surface area contributed by atoms with Crippen molar-refractivity contribution in [3.05, 3.63) is 53.1 Å². The fraction of sp³-hybridized carbons (Fsp3) is 0.263. The Kier molecular flexibility index (Phi) is 4.95. The van der Waals surface area contributed by atoms with Gasteiger partial charge in [-0.2, -0.15) is 0 Å².